The van der Waals surface area contributed by atoms with Gasteiger partial charge in [-0.05, 0) is 51.5 Å². The lowest BCUT2D eigenvalue weighted by Crippen LogP contribution is -2.31. The third kappa shape index (κ3) is 15.9. The third-order valence-electron chi connectivity index (χ3n) is 8.98. The quantitative estimate of drug-likeness (QED) is 0.0809. The number of aliphatic hydroxyl groups is 2. The molecule has 2 aliphatic rings. The van der Waals surface area contributed by atoms with Crippen LogP contribution in [0.1, 0.15) is 174 Å². The molecule has 0 aliphatic carbocycles. The SMILES string of the molecule is CCCCCCCCCCCC[C@H](O)[C@@H]1CC[C@H]([C@H](O)CCCCCCCCCCCCC2=C[C@H](C)OC2=O)O1. The van der Waals surface area contributed by atoms with Crippen LogP contribution in [0.15, 0.2) is 11.6 Å². The molecule has 5 atom stereocenters. The Morgan fingerprint density at radius 3 is 1.48 bits per heavy atom. The van der Waals surface area contributed by atoms with Gasteiger partial charge < -0.3 is 19.7 Å². The third-order valence-corrected chi connectivity index (χ3v) is 8.98. The van der Waals surface area contributed by atoms with Crippen molar-refractivity contribution >= 4 is 5.97 Å². The van der Waals surface area contributed by atoms with Gasteiger partial charge in [-0.25, -0.2) is 4.79 Å². The van der Waals surface area contributed by atoms with E-state index < -0.39 is 0 Å². The monoisotopic (exact) mass is 564 g/mol. The molecule has 1 fully saturated rings. The number of hydrogen-bond acceptors (Lipinski definition) is 5. The number of hydrogen-bond donors (Lipinski definition) is 2. The first kappa shape index (κ1) is 35.3. The summed E-state index contributed by atoms with van der Waals surface area (Å²) in [6.45, 7) is 4.18. The molecule has 5 heteroatoms. The molecule has 5 nitrogen and oxygen atoms in total. The van der Waals surface area contributed by atoms with Crippen LogP contribution < -0.4 is 0 Å². The number of unbranched alkanes of at least 4 members (excludes halogenated alkanes) is 18. The Labute approximate surface area is 246 Å². The van der Waals surface area contributed by atoms with Crippen LogP contribution in [0, 0.1) is 0 Å². The molecule has 1 saturated heterocycles. The Kier molecular flexibility index (Phi) is 20.0. The highest BCUT2D eigenvalue weighted by molar-refractivity contribution is 5.90. The highest BCUT2D eigenvalue weighted by Crippen LogP contribution is 2.28. The van der Waals surface area contributed by atoms with Gasteiger partial charge in [-0.3, -0.25) is 0 Å². The van der Waals surface area contributed by atoms with Gasteiger partial charge in [-0.1, -0.05) is 129 Å². The zero-order chi connectivity index (χ0) is 28.8. The van der Waals surface area contributed by atoms with Crippen LogP contribution in [0.3, 0.4) is 0 Å². The summed E-state index contributed by atoms with van der Waals surface area (Å²) in [4.78, 5) is 11.6. The van der Waals surface area contributed by atoms with Crippen molar-refractivity contribution in [3.05, 3.63) is 11.6 Å². The van der Waals surface area contributed by atoms with Gasteiger partial charge in [0.05, 0.1) is 24.4 Å². The molecule has 2 rings (SSSR count). The summed E-state index contributed by atoms with van der Waals surface area (Å²) in [6, 6.07) is 0. The van der Waals surface area contributed by atoms with Gasteiger partial charge in [0.25, 0.3) is 0 Å². The maximum absolute atomic E-state index is 11.6. The Bertz CT molecular complexity index is 662. The zero-order valence-electron chi connectivity index (χ0n) is 26.3. The predicted molar refractivity (Wildman–Crippen MR) is 165 cm³/mol. The molecule has 0 aromatic carbocycles. The summed E-state index contributed by atoms with van der Waals surface area (Å²) in [5.41, 5.74) is 0.870. The summed E-state index contributed by atoms with van der Waals surface area (Å²) < 4.78 is 11.2. The fourth-order valence-corrected chi connectivity index (χ4v) is 6.37. The van der Waals surface area contributed by atoms with E-state index in [2.05, 4.69) is 6.92 Å². The van der Waals surface area contributed by atoms with Crippen LogP contribution in [0.4, 0.5) is 0 Å². The second kappa shape index (κ2) is 22.7. The average molecular weight is 565 g/mol. The highest BCUT2D eigenvalue weighted by Gasteiger charge is 2.34. The number of carbonyl (C=O) groups excluding carboxylic acids is 1. The lowest BCUT2D eigenvalue weighted by atomic mass is 10.00. The maximum Gasteiger partial charge on any atom is 0.334 e. The summed E-state index contributed by atoms with van der Waals surface area (Å²) in [5.74, 6) is -0.117. The molecule has 0 radical (unpaired) electrons. The molecule has 2 heterocycles. The van der Waals surface area contributed by atoms with Crippen molar-refractivity contribution in [1.82, 2.24) is 0 Å². The molecular weight excluding hydrogens is 500 g/mol. The van der Waals surface area contributed by atoms with E-state index in [1.54, 1.807) is 0 Å². The second-order valence-corrected chi connectivity index (χ2v) is 12.8. The summed E-state index contributed by atoms with van der Waals surface area (Å²) >= 11 is 0. The Morgan fingerprint density at radius 2 is 1.07 bits per heavy atom. The van der Waals surface area contributed by atoms with Gasteiger partial charge >= 0.3 is 5.97 Å². The van der Waals surface area contributed by atoms with E-state index in [4.69, 9.17) is 9.47 Å². The minimum absolute atomic E-state index is 0.0443. The van der Waals surface area contributed by atoms with Gasteiger partial charge in [0.1, 0.15) is 6.10 Å². The fraction of sp³-hybridized carbons (Fsp3) is 0.914. The first-order valence-electron chi connectivity index (χ1n) is 17.4. The van der Waals surface area contributed by atoms with E-state index in [0.29, 0.717) is 0 Å². The van der Waals surface area contributed by atoms with Crippen LogP contribution in [0.25, 0.3) is 0 Å². The van der Waals surface area contributed by atoms with Gasteiger partial charge in [0.15, 0.2) is 0 Å². The molecule has 0 bridgehead atoms. The minimum Gasteiger partial charge on any atom is -0.455 e. The Morgan fingerprint density at radius 1 is 0.675 bits per heavy atom. The fourth-order valence-electron chi connectivity index (χ4n) is 6.37. The molecule has 0 saturated carbocycles. The molecule has 0 amide bonds. The van der Waals surface area contributed by atoms with Crippen LogP contribution in [0.2, 0.25) is 0 Å². The maximum atomic E-state index is 11.6. The normalized spacial score (nSPS) is 22.4. The van der Waals surface area contributed by atoms with E-state index in [1.807, 2.05) is 13.0 Å². The number of rotatable bonds is 26. The largest absolute Gasteiger partial charge is 0.455 e. The van der Waals surface area contributed by atoms with E-state index in [0.717, 1.165) is 56.9 Å². The van der Waals surface area contributed by atoms with Crippen molar-refractivity contribution in [2.24, 2.45) is 0 Å². The van der Waals surface area contributed by atoms with Crippen molar-refractivity contribution in [3.63, 3.8) is 0 Å². The van der Waals surface area contributed by atoms with E-state index in [-0.39, 0.29) is 36.5 Å². The molecule has 0 aromatic heterocycles. The van der Waals surface area contributed by atoms with Crippen LogP contribution in [-0.2, 0) is 14.3 Å². The highest BCUT2D eigenvalue weighted by atomic mass is 16.5. The number of aliphatic hydroxyl groups excluding tert-OH is 2. The summed E-state index contributed by atoms with van der Waals surface area (Å²) in [5, 5.41) is 21.2. The standard InChI is InChI=1S/C35H64O5/c1-3-4-5-6-7-8-12-15-18-21-24-31(36)33-26-27-34(40-33)32(37)25-22-19-16-13-10-9-11-14-17-20-23-30-28-29(2)39-35(30)38/h28-29,31-34,36-37H,3-27H2,1-2H3/t29-,31-,32+,33-,34+/m0/s1. The van der Waals surface area contributed by atoms with Crippen molar-refractivity contribution in [2.75, 3.05) is 0 Å². The van der Waals surface area contributed by atoms with Crippen molar-refractivity contribution in [2.45, 2.75) is 205 Å². The second-order valence-electron chi connectivity index (χ2n) is 12.8. The molecular formula is C35H64O5. The van der Waals surface area contributed by atoms with E-state index in [1.165, 1.54) is 109 Å². The first-order chi connectivity index (χ1) is 19.5. The molecule has 40 heavy (non-hydrogen) atoms. The van der Waals surface area contributed by atoms with Crippen LogP contribution in [-0.4, -0.2) is 46.7 Å². The summed E-state index contributed by atoms with van der Waals surface area (Å²) in [6.07, 6.45) is 30.5. The first-order valence-corrected chi connectivity index (χ1v) is 17.4. The molecule has 0 aromatic rings. The average Bonchev–Trinajstić information content (AvgIpc) is 3.56. The van der Waals surface area contributed by atoms with Crippen LogP contribution >= 0.6 is 0 Å². The van der Waals surface area contributed by atoms with Crippen LogP contribution in [0.5, 0.6) is 0 Å². The molecule has 2 N–H and O–H groups in total. The smallest absolute Gasteiger partial charge is 0.334 e. The lowest BCUT2D eigenvalue weighted by molar-refractivity contribution is -0.139. The molecule has 0 spiro atoms. The number of esters is 1. The predicted octanol–water partition coefficient (Wildman–Crippen LogP) is 9.12. The number of ether oxygens (including phenoxy) is 2. The van der Waals surface area contributed by atoms with Crippen molar-refractivity contribution in [1.29, 1.82) is 0 Å². The van der Waals surface area contributed by atoms with Gasteiger partial charge in [0, 0.05) is 5.57 Å². The van der Waals surface area contributed by atoms with Gasteiger partial charge in [-0.2, -0.15) is 0 Å². The number of carbonyl (C=O) groups is 1. The molecule has 0 unspecified atom stereocenters. The Balaban J connectivity index is 1.35. The molecule has 234 valence electrons. The number of cyclic esters (lactones) is 1. The van der Waals surface area contributed by atoms with E-state index >= 15 is 0 Å². The Hall–Kier alpha value is -0.910. The van der Waals surface area contributed by atoms with Crippen molar-refractivity contribution in [3.8, 4) is 0 Å². The topological polar surface area (TPSA) is 76.0 Å². The van der Waals surface area contributed by atoms with Gasteiger partial charge in [-0.15, -0.1) is 0 Å². The summed E-state index contributed by atoms with van der Waals surface area (Å²) in [7, 11) is 0. The lowest BCUT2D eigenvalue weighted by Gasteiger charge is -2.22. The zero-order valence-corrected chi connectivity index (χ0v) is 26.3. The molecule has 2 aliphatic heterocycles. The minimum atomic E-state index is -0.389. The van der Waals surface area contributed by atoms with Crippen molar-refractivity contribution < 1.29 is 24.5 Å². The van der Waals surface area contributed by atoms with Gasteiger partial charge in [0.2, 0.25) is 0 Å². The van der Waals surface area contributed by atoms with E-state index in [9.17, 15) is 15.0 Å².